The van der Waals surface area contributed by atoms with Gasteiger partial charge in [-0.3, -0.25) is 4.79 Å². The zero-order valence-electron chi connectivity index (χ0n) is 11.9. The highest BCUT2D eigenvalue weighted by Gasteiger charge is 2.12. The minimum absolute atomic E-state index is 0.364. The first-order valence-corrected chi connectivity index (χ1v) is 6.81. The summed E-state index contributed by atoms with van der Waals surface area (Å²) in [5.74, 6) is 0.0946. The Kier molecular flexibility index (Phi) is 3.39. The molecule has 3 aromatic rings. The van der Waals surface area contributed by atoms with Crippen LogP contribution in [0.4, 0.5) is 0 Å². The van der Waals surface area contributed by atoms with Crippen LogP contribution in [-0.4, -0.2) is 21.0 Å². The molecule has 5 nitrogen and oxygen atoms in total. The summed E-state index contributed by atoms with van der Waals surface area (Å²) < 4.78 is 5.26. The molecular formula is C16H15N3O2. The number of fused-ring (bicyclic) bond motifs is 1. The molecule has 0 saturated carbocycles. The van der Waals surface area contributed by atoms with Crippen LogP contribution in [0.1, 0.15) is 19.4 Å². The second-order valence-electron chi connectivity index (χ2n) is 4.73. The third kappa shape index (κ3) is 2.63. The van der Waals surface area contributed by atoms with Gasteiger partial charge in [-0.05, 0) is 36.2 Å². The molecule has 0 atom stereocenters. The fourth-order valence-electron chi connectivity index (χ4n) is 2.15. The Hall–Kier alpha value is -2.69. The molecule has 2 aromatic carbocycles. The number of aryl methyl sites for hydroxylation is 1. The molecule has 0 unspecified atom stereocenters. The van der Waals surface area contributed by atoms with Crippen molar-refractivity contribution in [1.29, 1.82) is 0 Å². The van der Waals surface area contributed by atoms with E-state index in [-0.39, 0.29) is 5.97 Å². The third-order valence-electron chi connectivity index (χ3n) is 3.19. The van der Waals surface area contributed by atoms with E-state index >= 15 is 0 Å². The number of ether oxygens (including phenoxy) is 1. The number of benzene rings is 2. The van der Waals surface area contributed by atoms with Crippen molar-refractivity contribution in [2.45, 2.75) is 20.3 Å². The molecule has 21 heavy (non-hydrogen) atoms. The Morgan fingerprint density at radius 3 is 2.38 bits per heavy atom. The van der Waals surface area contributed by atoms with Gasteiger partial charge >= 0.3 is 5.97 Å². The number of rotatable bonds is 3. The normalized spacial score (nSPS) is 10.8. The molecule has 3 rings (SSSR count). The molecule has 5 heteroatoms. The molecule has 106 valence electrons. The average Bonchev–Trinajstić information content (AvgIpc) is 2.90. The van der Waals surface area contributed by atoms with Crippen molar-refractivity contribution in [2.75, 3.05) is 0 Å². The van der Waals surface area contributed by atoms with Gasteiger partial charge in [0.1, 0.15) is 16.7 Å². The quantitative estimate of drug-likeness (QED) is 0.547. The second kappa shape index (κ2) is 5.36. The molecule has 0 spiro atoms. The first-order chi connectivity index (χ1) is 10.2. The summed E-state index contributed by atoms with van der Waals surface area (Å²) in [6.07, 6.45) is 0.883. The Morgan fingerprint density at radius 1 is 1.14 bits per heavy atom. The fourth-order valence-corrected chi connectivity index (χ4v) is 2.15. The molecular weight excluding hydrogens is 266 g/mol. The van der Waals surface area contributed by atoms with E-state index in [4.69, 9.17) is 4.74 Å². The van der Waals surface area contributed by atoms with Crippen molar-refractivity contribution in [3.63, 3.8) is 0 Å². The van der Waals surface area contributed by atoms with Crippen LogP contribution in [0.25, 0.3) is 16.7 Å². The second-order valence-corrected chi connectivity index (χ2v) is 4.73. The van der Waals surface area contributed by atoms with Gasteiger partial charge in [0.15, 0.2) is 5.75 Å². The zero-order valence-corrected chi connectivity index (χ0v) is 11.9. The first kappa shape index (κ1) is 13.3. The van der Waals surface area contributed by atoms with Crippen LogP contribution >= 0.6 is 0 Å². The van der Waals surface area contributed by atoms with E-state index in [9.17, 15) is 4.79 Å². The van der Waals surface area contributed by atoms with Crippen molar-refractivity contribution in [2.24, 2.45) is 0 Å². The van der Waals surface area contributed by atoms with Crippen molar-refractivity contribution < 1.29 is 9.53 Å². The number of carbonyl (C=O) groups excluding carboxylic acids is 1. The van der Waals surface area contributed by atoms with E-state index < -0.39 is 0 Å². The molecule has 1 aromatic heterocycles. The third-order valence-corrected chi connectivity index (χ3v) is 3.19. The largest absolute Gasteiger partial charge is 0.424 e. The maximum absolute atomic E-state index is 11.3. The van der Waals surface area contributed by atoms with Crippen LogP contribution in [0.3, 0.4) is 0 Å². The molecule has 0 aliphatic rings. The van der Waals surface area contributed by atoms with Crippen LogP contribution in [0.2, 0.25) is 0 Å². The Morgan fingerprint density at radius 2 is 1.81 bits per heavy atom. The molecule has 0 bridgehead atoms. The monoisotopic (exact) mass is 281 g/mol. The molecule has 0 radical (unpaired) electrons. The van der Waals surface area contributed by atoms with Crippen LogP contribution in [0.5, 0.6) is 5.75 Å². The standard InChI is InChI=1S/C16H15N3O2/c1-3-12-8-9-16(21-11(2)20)15(10-12)19-17-13-6-4-5-7-14(13)18-19/h4-10H,3H2,1-2H3. The highest BCUT2D eigenvalue weighted by molar-refractivity contribution is 5.74. The summed E-state index contributed by atoms with van der Waals surface area (Å²) in [5, 5.41) is 8.88. The maximum atomic E-state index is 11.3. The van der Waals surface area contributed by atoms with E-state index in [2.05, 4.69) is 17.1 Å². The molecule has 0 amide bonds. The summed E-state index contributed by atoms with van der Waals surface area (Å²) >= 11 is 0. The number of nitrogens with zero attached hydrogens (tertiary/aromatic N) is 3. The highest BCUT2D eigenvalue weighted by Crippen LogP contribution is 2.25. The van der Waals surface area contributed by atoms with E-state index in [1.165, 1.54) is 11.7 Å². The predicted molar refractivity (Wildman–Crippen MR) is 79.6 cm³/mol. The minimum atomic E-state index is -0.364. The summed E-state index contributed by atoms with van der Waals surface area (Å²) in [7, 11) is 0. The fraction of sp³-hybridized carbons (Fsp3) is 0.188. The van der Waals surface area contributed by atoms with Gasteiger partial charge in [0.05, 0.1) is 0 Å². The van der Waals surface area contributed by atoms with E-state index in [0.29, 0.717) is 11.4 Å². The number of esters is 1. The molecule has 0 fully saturated rings. The molecule has 0 N–H and O–H groups in total. The van der Waals surface area contributed by atoms with Gasteiger partial charge in [-0.1, -0.05) is 25.1 Å². The SMILES string of the molecule is CCc1ccc(OC(C)=O)c(-n2nc3ccccc3n2)c1. The number of aromatic nitrogens is 3. The Labute approximate surface area is 122 Å². The van der Waals surface area contributed by atoms with Gasteiger partial charge in [-0.15, -0.1) is 15.0 Å². The lowest BCUT2D eigenvalue weighted by Gasteiger charge is -2.09. The van der Waals surface area contributed by atoms with Gasteiger partial charge in [0.25, 0.3) is 0 Å². The lowest BCUT2D eigenvalue weighted by atomic mass is 10.1. The van der Waals surface area contributed by atoms with Crippen molar-refractivity contribution >= 4 is 17.0 Å². The molecule has 0 saturated heterocycles. The summed E-state index contributed by atoms with van der Waals surface area (Å²) in [6, 6.07) is 13.3. The van der Waals surface area contributed by atoms with Crippen LogP contribution < -0.4 is 4.74 Å². The van der Waals surface area contributed by atoms with Crippen LogP contribution in [-0.2, 0) is 11.2 Å². The number of hydrogen-bond donors (Lipinski definition) is 0. The number of carbonyl (C=O) groups is 1. The lowest BCUT2D eigenvalue weighted by Crippen LogP contribution is -2.08. The van der Waals surface area contributed by atoms with E-state index in [1.807, 2.05) is 36.4 Å². The number of hydrogen-bond acceptors (Lipinski definition) is 4. The van der Waals surface area contributed by atoms with E-state index in [0.717, 1.165) is 23.0 Å². The molecule has 0 aliphatic heterocycles. The summed E-state index contributed by atoms with van der Waals surface area (Å²) in [4.78, 5) is 12.8. The van der Waals surface area contributed by atoms with Crippen LogP contribution in [0.15, 0.2) is 42.5 Å². The maximum Gasteiger partial charge on any atom is 0.308 e. The van der Waals surface area contributed by atoms with Gasteiger partial charge in [0, 0.05) is 6.92 Å². The lowest BCUT2D eigenvalue weighted by molar-refractivity contribution is -0.131. The topological polar surface area (TPSA) is 57.0 Å². The zero-order chi connectivity index (χ0) is 14.8. The minimum Gasteiger partial charge on any atom is -0.424 e. The first-order valence-electron chi connectivity index (χ1n) is 6.81. The van der Waals surface area contributed by atoms with Crippen molar-refractivity contribution in [3.05, 3.63) is 48.0 Å². The van der Waals surface area contributed by atoms with E-state index in [1.54, 1.807) is 6.07 Å². The highest BCUT2D eigenvalue weighted by atomic mass is 16.5. The molecule has 1 heterocycles. The molecule has 0 aliphatic carbocycles. The van der Waals surface area contributed by atoms with Crippen molar-refractivity contribution in [1.82, 2.24) is 15.0 Å². The summed E-state index contributed by atoms with van der Waals surface area (Å²) in [6.45, 7) is 3.45. The predicted octanol–water partition coefficient (Wildman–Crippen LogP) is 2.91. The van der Waals surface area contributed by atoms with Crippen LogP contribution in [0, 0.1) is 0 Å². The Balaban J connectivity index is 2.15. The van der Waals surface area contributed by atoms with Crippen molar-refractivity contribution in [3.8, 4) is 11.4 Å². The van der Waals surface area contributed by atoms with Gasteiger partial charge < -0.3 is 4.74 Å². The smallest absolute Gasteiger partial charge is 0.308 e. The average molecular weight is 281 g/mol. The van der Waals surface area contributed by atoms with Gasteiger partial charge in [0.2, 0.25) is 0 Å². The van der Waals surface area contributed by atoms with Gasteiger partial charge in [-0.25, -0.2) is 0 Å². The van der Waals surface area contributed by atoms with Gasteiger partial charge in [-0.2, -0.15) is 0 Å². The summed E-state index contributed by atoms with van der Waals surface area (Å²) in [5.41, 5.74) is 3.39. The Bertz CT molecular complexity index is 775.